The predicted molar refractivity (Wildman–Crippen MR) is 78.9 cm³/mol. The van der Waals surface area contributed by atoms with Crippen LogP contribution in [0.5, 0.6) is 0 Å². The maximum Gasteiger partial charge on any atom is 0.271 e. The number of carbonyl (C=O) groups excluding carboxylic acids is 1. The van der Waals surface area contributed by atoms with Crippen molar-refractivity contribution in [2.24, 2.45) is 0 Å². The molecule has 0 aromatic heterocycles. The maximum absolute atomic E-state index is 12.1. The molecule has 2 aromatic carbocycles. The van der Waals surface area contributed by atoms with Crippen LogP contribution in [0.25, 0.3) is 0 Å². The topological polar surface area (TPSA) is 115 Å². The second kappa shape index (κ2) is 6.00. The van der Waals surface area contributed by atoms with Crippen molar-refractivity contribution < 1.29 is 14.6 Å². The van der Waals surface area contributed by atoms with Gasteiger partial charge in [-0.1, -0.05) is 12.1 Å². The van der Waals surface area contributed by atoms with Gasteiger partial charge in [-0.05, 0) is 18.6 Å². The first-order valence-corrected chi connectivity index (χ1v) is 6.19. The van der Waals surface area contributed by atoms with E-state index in [1.165, 1.54) is 36.4 Å². The van der Waals surface area contributed by atoms with E-state index < -0.39 is 15.8 Å². The van der Waals surface area contributed by atoms with Crippen LogP contribution in [0.1, 0.15) is 15.9 Å². The van der Waals surface area contributed by atoms with E-state index in [-0.39, 0.29) is 22.6 Å². The lowest BCUT2D eigenvalue weighted by Crippen LogP contribution is -2.13. The highest BCUT2D eigenvalue weighted by Gasteiger charge is 2.14. The van der Waals surface area contributed by atoms with Crippen molar-refractivity contribution in [1.29, 1.82) is 0 Å². The monoisotopic (exact) mass is 301 g/mol. The molecule has 0 heterocycles. The van der Waals surface area contributed by atoms with E-state index in [1.807, 2.05) is 0 Å². The molecule has 0 aliphatic carbocycles. The Labute approximate surface area is 124 Å². The van der Waals surface area contributed by atoms with Gasteiger partial charge in [0.2, 0.25) is 0 Å². The molecule has 0 fully saturated rings. The smallest absolute Gasteiger partial charge is 0.271 e. The van der Waals surface area contributed by atoms with Crippen LogP contribution < -0.4 is 5.32 Å². The van der Waals surface area contributed by atoms with Crippen LogP contribution >= 0.6 is 0 Å². The van der Waals surface area contributed by atoms with E-state index in [4.69, 9.17) is 0 Å². The van der Waals surface area contributed by atoms with Gasteiger partial charge < -0.3 is 5.32 Å². The van der Waals surface area contributed by atoms with Crippen LogP contribution in [0.2, 0.25) is 0 Å². The van der Waals surface area contributed by atoms with Gasteiger partial charge in [0.1, 0.15) is 0 Å². The summed E-state index contributed by atoms with van der Waals surface area (Å²) in [6, 6.07) is 9.32. The number of rotatable bonds is 4. The third-order valence-corrected chi connectivity index (χ3v) is 3.00. The van der Waals surface area contributed by atoms with Gasteiger partial charge in [0.25, 0.3) is 17.3 Å². The molecule has 8 heteroatoms. The Bertz CT molecular complexity index is 773. The molecule has 2 aromatic rings. The summed E-state index contributed by atoms with van der Waals surface area (Å²) in [4.78, 5) is 32.4. The zero-order valence-corrected chi connectivity index (χ0v) is 11.5. The normalized spacial score (nSPS) is 10.0. The van der Waals surface area contributed by atoms with E-state index in [1.54, 1.807) is 6.92 Å². The molecule has 0 atom stereocenters. The summed E-state index contributed by atoms with van der Waals surface area (Å²) in [6.07, 6.45) is 0. The average molecular weight is 301 g/mol. The highest BCUT2D eigenvalue weighted by atomic mass is 16.6. The number of amides is 1. The summed E-state index contributed by atoms with van der Waals surface area (Å²) in [7, 11) is 0. The van der Waals surface area contributed by atoms with Crippen LogP contribution in [0.4, 0.5) is 17.1 Å². The molecule has 0 bridgehead atoms. The number of nitro benzene ring substituents is 2. The van der Waals surface area contributed by atoms with Gasteiger partial charge >= 0.3 is 0 Å². The summed E-state index contributed by atoms with van der Waals surface area (Å²) in [5.41, 5.74) is 0.665. The molecule has 0 unspecified atom stereocenters. The minimum atomic E-state index is -0.602. The largest absolute Gasteiger partial charge is 0.321 e. The highest BCUT2D eigenvalue weighted by molar-refractivity contribution is 6.05. The van der Waals surface area contributed by atoms with E-state index in [0.29, 0.717) is 5.56 Å². The third-order valence-electron chi connectivity index (χ3n) is 3.00. The van der Waals surface area contributed by atoms with Gasteiger partial charge in [-0.25, -0.2) is 0 Å². The van der Waals surface area contributed by atoms with Crippen molar-refractivity contribution in [2.75, 3.05) is 5.32 Å². The second-order valence-corrected chi connectivity index (χ2v) is 4.52. The Hall–Kier alpha value is -3.29. The molecule has 2 rings (SSSR count). The van der Waals surface area contributed by atoms with Gasteiger partial charge in [0.15, 0.2) is 0 Å². The molecular weight excluding hydrogens is 290 g/mol. The number of hydrogen-bond acceptors (Lipinski definition) is 5. The fourth-order valence-corrected chi connectivity index (χ4v) is 1.81. The van der Waals surface area contributed by atoms with E-state index in [2.05, 4.69) is 5.32 Å². The number of nitrogens with one attached hydrogen (secondary N) is 1. The first kappa shape index (κ1) is 15.1. The molecule has 1 amide bonds. The predicted octanol–water partition coefficient (Wildman–Crippen LogP) is 3.06. The molecule has 0 radical (unpaired) electrons. The number of carbonyl (C=O) groups is 1. The molecule has 0 saturated carbocycles. The van der Waals surface area contributed by atoms with Crippen molar-refractivity contribution in [1.82, 2.24) is 0 Å². The van der Waals surface area contributed by atoms with Crippen LogP contribution in [0, 0.1) is 27.2 Å². The quantitative estimate of drug-likeness (QED) is 0.688. The zero-order valence-electron chi connectivity index (χ0n) is 11.5. The molecular formula is C14H11N3O5. The number of nitro groups is 2. The van der Waals surface area contributed by atoms with Crippen molar-refractivity contribution in [3.8, 4) is 0 Å². The lowest BCUT2D eigenvalue weighted by Gasteiger charge is -2.08. The molecule has 0 saturated heterocycles. The Morgan fingerprint density at radius 3 is 2.27 bits per heavy atom. The van der Waals surface area contributed by atoms with Gasteiger partial charge in [-0.2, -0.15) is 0 Å². The number of anilines is 1. The fourth-order valence-electron chi connectivity index (χ4n) is 1.81. The zero-order chi connectivity index (χ0) is 16.3. The van der Waals surface area contributed by atoms with Crippen LogP contribution in [-0.4, -0.2) is 15.8 Å². The first-order chi connectivity index (χ1) is 10.4. The second-order valence-electron chi connectivity index (χ2n) is 4.52. The molecule has 0 aliphatic heterocycles. The average Bonchev–Trinajstić information content (AvgIpc) is 2.49. The minimum Gasteiger partial charge on any atom is -0.321 e. The Morgan fingerprint density at radius 1 is 1.00 bits per heavy atom. The standard InChI is InChI=1S/C14H11N3O5/c1-9-5-6-12(17(21)22)8-13(9)15-14(18)10-3-2-4-11(7-10)16(19)20/h2-8H,1H3,(H,15,18). The third kappa shape index (κ3) is 3.23. The fraction of sp³-hybridized carbons (Fsp3) is 0.0714. The summed E-state index contributed by atoms with van der Waals surface area (Å²) in [5.74, 6) is -0.577. The number of hydrogen-bond donors (Lipinski definition) is 1. The van der Waals surface area contributed by atoms with E-state index in [0.717, 1.165) is 6.07 Å². The summed E-state index contributed by atoms with van der Waals surface area (Å²) in [6.45, 7) is 1.69. The lowest BCUT2D eigenvalue weighted by molar-refractivity contribution is -0.385. The Morgan fingerprint density at radius 2 is 1.64 bits per heavy atom. The molecule has 112 valence electrons. The van der Waals surface area contributed by atoms with Crippen molar-refractivity contribution in [2.45, 2.75) is 6.92 Å². The molecule has 0 spiro atoms. The molecule has 0 aliphatic rings. The number of non-ortho nitro benzene ring substituents is 2. The van der Waals surface area contributed by atoms with Gasteiger partial charge in [0, 0.05) is 29.8 Å². The molecule has 8 nitrogen and oxygen atoms in total. The summed E-state index contributed by atoms with van der Waals surface area (Å²) in [5, 5.41) is 24.0. The van der Waals surface area contributed by atoms with Gasteiger partial charge in [-0.15, -0.1) is 0 Å². The molecule has 1 N–H and O–H groups in total. The number of aryl methyl sites for hydroxylation is 1. The van der Waals surface area contributed by atoms with Gasteiger partial charge in [0.05, 0.1) is 15.5 Å². The van der Waals surface area contributed by atoms with Crippen molar-refractivity contribution in [3.63, 3.8) is 0 Å². The lowest BCUT2D eigenvalue weighted by atomic mass is 10.1. The number of benzene rings is 2. The van der Waals surface area contributed by atoms with Crippen LogP contribution in [0.15, 0.2) is 42.5 Å². The summed E-state index contributed by atoms with van der Waals surface area (Å²) >= 11 is 0. The SMILES string of the molecule is Cc1ccc([N+](=O)[O-])cc1NC(=O)c1cccc([N+](=O)[O-])c1. The number of nitrogens with zero attached hydrogens (tertiary/aromatic N) is 2. The van der Waals surface area contributed by atoms with Crippen molar-refractivity contribution >= 4 is 23.0 Å². The van der Waals surface area contributed by atoms with Crippen LogP contribution in [-0.2, 0) is 0 Å². The molecule has 22 heavy (non-hydrogen) atoms. The Kier molecular flexibility index (Phi) is 4.12. The minimum absolute atomic E-state index is 0.0973. The van der Waals surface area contributed by atoms with E-state index >= 15 is 0 Å². The van der Waals surface area contributed by atoms with Gasteiger partial charge in [-0.3, -0.25) is 25.0 Å². The van der Waals surface area contributed by atoms with Crippen LogP contribution in [0.3, 0.4) is 0 Å². The highest BCUT2D eigenvalue weighted by Crippen LogP contribution is 2.23. The van der Waals surface area contributed by atoms with E-state index in [9.17, 15) is 25.0 Å². The summed E-state index contributed by atoms with van der Waals surface area (Å²) < 4.78 is 0. The maximum atomic E-state index is 12.1. The Balaban J connectivity index is 2.29. The van der Waals surface area contributed by atoms with Crippen molar-refractivity contribution in [3.05, 3.63) is 73.8 Å². The first-order valence-electron chi connectivity index (χ1n) is 6.19.